The fourth-order valence-electron chi connectivity index (χ4n) is 2.65. The molecule has 0 unspecified atom stereocenters. The quantitative estimate of drug-likeness (QED) is 0.503. The van der Waals surface area contributed by atoms with E-state index in [9.17, 15) is 0 Å². The van der Waals surface area contributed by atoms with Gasteiger partial charge < -0.3 is 0 Å². The smallest absolute Gasteiger partial charge is 0.0100 e. The predicted octanol–water partition coefficient (Wildman–Crippen LogP) is 6.10. The van der Waals surface area contributed by atoms with Crippen LogP contribution in [0.2, 0.25) is 0 Å². The maximum atomic E-state index is 4.10. The highest BCUT2D eigenvalue weighted by Crippen LogP contribution is 2.29. The van der Waals surface area contributed by atoms with E-state index in [0.717, 1.165) is 12.0 Å². The van der Waals surface area contributed by atoms with E-state index >= 15 is 0 Å². The normalized spacial score (nSPS) is 10.5. The maximum Gasteiger partial charge on any atom is -0.0100 e. The van der Waals surface area contributed by atoms with Gasteiger partial charge in [0, 0.05) is 0 Å². The van der Waals surface area contributed by atoms with E-state index in [2.05, 4.69) is 79.9 Å². The highest BCUT2D eigenvalue weighted by Gasteiger charge is 2.04. The number of benzene rings is 3. The standard InChI is InChI=1S/C21H18/c1-3-7-16(2)17-12-14-19(15-13-17)21-11-6-9-18-8-4-5-10-20(18)21/h3-6,8-15H,1-2,7H2. The summed E-state index contributed by atoms with van der Waals surface area (Å²) >= 11 is 0. The third kappa shape index (κ3) is 2.66. The van der Waals surface area contributed by atoms with E-state index in [0.29, 0.717) is 0 Å². The van der Waals surface area contributed by atoms with Crippen molar-refractivity contribution in [2.24, 2.45) is 0 Å². The van der Waals surface area contributed by atoms with Crippen LogP contribution in [0.4, 0.5) is 0 Å². The molecule has 0 aromatic heterocycles. The zero-order chi connectivity index (χ0) is 14.7. The second-order valence-electron chi connectivity index (χ2n) is 5.20. The molecule has 0 saturated carbocycles. The van der Waals surface area contributed by atoms with Gasteiger partial charge in [0.2, 0.25) is 0 Å². The Bertz CT molecular complexity index is 786. The number of hydrogen-bond acceptors (Lipinski definition) is 0. The van der Waals surface area contributed by atoms with Gasteiger partial charge >= 0.3 is 0 Å². The van der Waals surface area contributed by atoms with E-state index in [-0.39, 0.29) is 0 Å². The van der Waals surface area contributed by atoms with Gasteiger partial charge in [-0.25, -0.2) is 0 Å². The van der Waals surface area contributed by atoms with Crippen LogP contribution in [0.5, 0.6) is 0 Å². The molecule has 0 nitrogen and oxygen atoms in total. The van der Waals surface area contributed by atoms with E-state index < -0.39 is 0 Å². The summed E-state index contributed by atoms with van der Waals surface area (Å²) in [6.45, 7) is 7.86. The van der Waals surface area contributed by atoms with Crippen LogP contribution in [0, 0.1) is 0 Å². The van der Waals surface area contributed by atoms with Crippen molar-refractivity contribution in [3.05, 3.63) is 91.5 Å². The fourth-order valence-corrected chi connectivity index (χ4v) is 2.65. The molecular formula is C21H18. The molecule has 0 saturated heterocycles. The highest BCUT2D eigenvalue weighted by atomic mass is 14.1. The third-order valence-corrected chi connectivity index (χ3v) is 3.78. The number of rotatable bonds is 4. The van der Waals surface area contributed by atoms with Crippen LogP contribution in [-0.2, 0) is 0 Å². The van der Waals surface area contributed by atoms with E-state index in [1.807, 2.05) is 6.08 Å². The molecule has 21 heavy (non-hydrogen) atoms. The Kier molecular flexibility index (Phi) is 3.70. The summed E-state index contributed by atoms with van der Waals surface area (Å²) in [5, 5.41) is 2.56. The Morgan fingerprint density at radius 1 is 0.857 bits per heavy atom. The molecule has 0 amide bonds. The first-order valence-corrected chi connectivity index (χ1v) is 7.17. The van der Waals surface area contributed by atoms with Crippen LogP contribution >= 0.6 is 0 Å². The summed E-state index contributed by atoms with van der Waals surface area (Å²) in [7, 11) is 0. The number of allylic oxidation sites excluding steroid dienone is 2. The van der Waals surface area contributed by atoms with Gasteiger partial charge in [-0.05, 0) is 39.5 Å². The molecule has 0 atom stereocenters. The van der Waals surface area contributed by atoms with Crippen molar-refractivity contribution in [1.29, 1.82) is 0 Å². The van der Waals surface area contributed by atoms with Crippen LogP contribution in [-0.4, -0.2) is 0 Å². The molecule has 0 fully saturated rings. The topological polar surface area (TPSA) is 0 Å². The van der Waals surface area contributed by atoms with Crippen molar-refractivity contribution in [2.45, 2.75) is 6.42 Å². The molecule has 3 rings (SSSR count). The van der Waals surface area contributed by atoms with Gasteiger partial charge in [0.15, 0.2) is 0 Å². The minimum Gasteiger partial charge on any atom is -0.103 e. The van der Waals surface area contributed by atoms with Gasteiger partial charge in [0.05, 0.1) is 0 Å². The van der Waals surface area contributed by atoms with Gasteiger partial charge in [-0.3, -0.25) is 0 Å². The second kappa shape index (κ2) is 5.80. The lowest BCUT2D eigenvalue weighted by Crippen LogP contribution is -1.84. The van der Waals surface area contributed by atoms with Gasteiger partial charge in [-0.15, -0.1) is 6.58 Å². The first-order chi connectivity index (χ1) is 10.3. The van der Waals surface area contributed by atoms with Crippen molar-refractivity contribution < 1.29 is 0 Å². The average Bonchev–Trinajstić information content (AvgIpc) is 2.55. The van der Waals surface area contributed by atoms with Crippen molar-refractivity contribution in [3.63, 3.8) is 0 Å². The second-order valence-corrected chi connectivity index (χ2v) is 5.20. The van der Waals surface area contributed by atoms with Crippen molar-refractivity contribution in [3.8, 4) is 11.1 Å². The van der Waals surface area contributed by atoms with Crippen LogP contribution in [0.15, 0.2) is 86.0 Å². The average molecular weight is 270 g/mol. The molecule has 0 aliphatic rings. The molecule has 3 aromatic rings. The first-order valence-electron chi connectivity index (χ1n) is 7.17. The van der Waals surface area contributed by atoms with Gasteiger partial charge in [-0.1, -0.05) is 79.4 Å². The van der Waals surface area contributed by atoms with Crippen molar-refractivity contribution in [1.82, 2.24) is 0 Å². The Hall–Kier alpha value is -2.60. The molecule has 0 aliphatic heterocycles. The Morgan fingerprint density at radius 3 is 2.33 bits per heavy atom. The molecule has 3 aromatic carbocycles. The Labute approximate surface area is 126 Å². The summed E-state index contributed by atoms with van der Waals surface area (Å²) in [5.41, 5.74) is 4.80. The SMILES string of the molecule is C=CCC(=C)c1ccc(-c2cccc3ccccc23)cc1. The lowest BCUT2D eigenvalue weighted by molar-refractivity contribution is 1.41. The van der Waals surface area contributed by atoms with Crippen LogP contribution in [0.25, 0.3) is 27.5 Å². The van der Waals surface area contributed by atoms with Crippen LogP contribution in [0.1, 0.15) is 12.0 Å². The predicted molar refractivity (Wildman–Crippen MR) is 93.2 cm³/mol. The zero-order valence-electron chi connectivity index (χ0n) is 12.0. The van der Waals surface area contributed by atoms with E-state index in [1.165, 1.54) is 27.5 Å². The fraction of sp³-hybridized carbons (Fsp3) is 0.0476. The summed E-state index contributed by atoms with van der Waals surface area (Å²) in [5.74, 6) is 0. The summed E-state index contributed by atoms with van der Waals surface area (Å²) in [4.78, 5) is 0. The monoisotopic (exact) mass is 270 g/mol. The van der Waals surface area contributed by atoms with Gasteiger partial charge in [-0.2, -0.15) is 0 Å². The Morgan fingerprint density at radius 2 is 1.57 bits per heavy atom. The minimum atomic E-state index is 0.827. The molecule has 102 valence electrons. The molecule has 0 heterocycles. The lowest BCUT2D eigenvalue weighted by atomic mass is 9.96. The molecule has 0 aliphatic carbocycles. The van der Waals surface area contributed by atoms with Crippen molar-refractivity contribution >= 4 is 16.3 Å². The molecule has 0 radical (unpaired) electrons. The van der Waals surface area contributed by atoms with Gasteiger partial charge in [0.25, 0.3) is 0 Å². The van der Waals surface area contributed by atoms with Crippen molar-refractivity contribution in [2.75, 3.05) is 0 Å². The molecule has 0 heteroatoms. The van der Waals surface area contributed by atoms with Crippen LogP contribution in [0.3, 0.4) is 0 Å². The van der Waals surface area contributed by atoms with Crippen LogP contribution < -0.4 is 0 Å². The largest absolute Gasteiger partial charge is 0.103 e. The number of fused-ring (bicyclic) bond motifs is 1. The summed E-state index contributed by atoms with van der Waals surface area (Å²) in [6.07, 6.45) is 2.72. The van der Waals surface area contributed by atoms with Gasteiger partial charge in [0.1, 0.15) is 0 Å². The molecule has 0 bridgehead atoms. The number of hydrogen-bond donors (Lipinski definition) is 0. The highest BCUT2D eigenvalue weighted by molar-refractivity contribution is 5.96. The zero-order valence-corrected chi connectivity index (χ0v) is 12.0. The van der Waals surface area contributed by atoms with E-state index in [1.54, 1.807) is 0 Å². The summed E-state index contributed by atoms with van der Waals surface area (Å²) < 4.78 is 0. The third-order valence-electron chi connectivity index (χ3n) is 3.78. The molecule has 0 spiro atoms. The summed E-state index contributed by atoms with van der Waals surface area (Å²) in [6, 6.07) is 23.6. The van der Waals surface area contributed by atoms with E-state index in [4.69, 9.17) is 0 Å². The molecular weight excluding hydrogens is 252 g/mol. The first kappa shape index (κ1) is 13.4. The minimum absolute atomic E-state index is 0.827. The maximum absolute atomic E-state index is 4.10. The lowest BCUT2D eigenvalue weighted by Gasteiger charge is -2.09. The Balaban J connectivity index is 2.03. The molecule has 0 N–H and O–H groups in total.